The number of ether oxygens (including phenoxy) is 1. The molecule has 0 aliphatic carbocycles. The van der Waals surface area contributed by atoms with Crippen LogP contribution in [0.1, 0.15) is 21.0 Å². The van der Waals surface area contributed by atoms with E-state index < -0.39 is 11.9 Å². The molecule has 0 fully saturated rings. The molecule has 2 aromatic heterocycles. The molecule has 2 heterocycles. The molecule has 8 nitrogen and oxygen atoms in total. The second kappa shape index (κ2) is 5.80. The minimum absolute atomic E-state index is 0.00797. The molecule has 0 saturated heterocycles. The number of phenolic OH excluding ortho intramolecular Hbond substituents is 1. The van der Waals surface area contributed by atoms with Gasteiger partial charge in [-0.05, 0) is 36.4 Å². The number of aromatic carboxylic acids is 2. The van der Waals surface area contributed by atoms with E-state index in [0.29, 0.717) is 38.7 Å². The maximum atomic E-state index is 11.3. The molecule has 2 aromatic carbocycles. The van der Waals surface area contributed by atoms with Gasteiger partial charge < -0.3 is 30.0 Å². The quantitative estimate of drug-likeness (QED) is 0.375. The summed E-state index contributed by atoms with van der Waals surface area (Å²) in [7, 11) is 1.48. The molecule has 0 unspecified atom stereocenters. The van der Waals surface area contributed by atoms with Crippen LogP contribution in [-0.4, -0.2) is 44.3 Å². The summed E-state index contributed by atoms with van der Waals surface area (Å²) in [6.07, 6.45) is 0. The summed E-state index contributed by atoms with van der Waals surface area (Å²) in [5.74, 6) is -1.83. The first-order chi connectivity index (χ1) is 12.9. The van der Waals surface area contributed by atoms with Gasteiger partial charge in [-0.15, -0.1) is 0 Å². The van der Waals surface area contributed by atoms with Crippen molar-refractivity contribution in [1.29, 1.82) is 0 Å². The largest absolute Gasteiger partial charge is 0.508 e. The fraction of sp³-hybridized carbons (Fsp3) is 0.0526. The predicted octanol–water partition coefficient (Wildman–Crippen LogP) is 3.43. The van der Waals surface area contributed by atoms with Crippen molar-refractivity contribution in [3.05, 3.63) is 47.8 Å². The van der Waals surface area contributed by atoms with E-state index in [1.54, 1.807) is 12.1 Å². The number of hydrogen-bond donors (Lipinski definition) is 5. The Balaban J connectivity index is 2.12. The molecule has 27 heavy (non-hydrogen) atoms. The average molecular weight is 366 g/mol. The van der Waals surface area contributed by atoms with Crippen LogP contribution in [0.15, 0.2) is 36.4 Å². The van der Waals surface area contributed by atoms with E-state index in [2.05, 4.69) is 9.97 Å². The highest BCUT2D eigenvalue weighted by atomic mass is 16.5. The predicted molar refractivity (Wildman–Crippen MR) is 97.7 cm³/mol. The molecule has 0 bridgehead atoms. The van der Waals surface area contributed by atoms with E-state index in [0.717, 1.165) is 0 Å². The summed E-state index contributed by atoms with van der Waals surface area (Å²) in [5.41, 5.74) is 2.09. The Bertz CT molecular complexity index is 1230. The molecule has 4 rings (SSSR count). The summed E-state index contributed by atoms with van der Waals surface area (Å²) >= 11 is 0. The van der Waals surface area contributed by atoms with Crippen molar-refractivity contribution in [3.8, 4) is 22.6 Å². The van der Waals surface area contributed by atoms with Crippen molar-refractivity contribution >= 4 is 33.7 Å². The van der Waals surface area contributed by atoms with Crippen LogP contribution in [0.3, 0.4) is 0 Å². The molecular weight excluding hydrogens is 352 g/mol. The highest BCUT2D eigenvalue weighted by molar-refractivity contribution is 6.09. The number of benzene rings is 2. The summed E-state index contributed by atoms with van der Waals surface area (Å²) in [6.45, 7) is 0. The normalized spacial score (nSPS) is 11.1. The highest BCUT2D eigenvalue weighted by Gasteiger charge is 2.20. The van der Waals surface area contributed by atoms with Gasteiger partial charge in [0.25, 0.3) is 0 Å². The second-order valence-corrected chi connectivity index (χ2v) is 6.04. The lowest BCUT2D eigenvalue weighted by atomic mass is 9.98. The fourth-order valence-corrected chi connectivity index (χ4v) is 3.29. The highest BCUT2D eigenvalue weighted by Crippen LogP contribution is 2.42. The number of H-pyrrole nitrogens is 2. The Labute approximate surface area is 151 Å². The van der Waals surface area contributed by atoms with E-state index in [9.17, 15) is 24.9 Å². The third-order valence-corrected chi connectivity index (χ3v) is 4.43. The third-order valence-electron chi connectivity index (χ3n) is 4.43. The van der Waals surface area contributed by atoms with Gasteiger partial charge in [-0.25, -0.2) is 9.59 Å². The van der Waals surface area contributed by atoms with Crippen LogP contribution in [0.5, 0.6) is 11.5 Å². The molecule has 0 aliphatic heterocycles. The zero-order valence-corrected chi connectivity index (χ0v) is 14.0. The molecule has 0 amide bonds. The van der Waals surface area contributed by atoms with Crippen molar-refractivity contribution in [3.63, 3.8) is 0 Å². The standard InChI is InChI=1S/C19H14N2O6/c1-27-15-3-2-12-10(7-14(20-12)19(25)26)16(15)11-6-9(22)4-8-5-13(18(23)24)21-17(8)11/h2-7,20-22H,1H3,(H,23,24)(H,25,26). The van der Waals surface area contributed by atoms with Crippen LogP contribution in [0.2, 0.25) is 0 Å². The van der Waals surface area contributed by atoms with Crippen LogP contribution in [0, 0.1) is 0 Å². The molecule has 136 valence electrons. The number of fused-ring (bicyclic) bond motifs is 2. The number of carboxylic acids is 2. The Kier molecular flexibility index (Phi) is 3.55. The number of aromatic amines is 2. The number of aromatic nitrogens is 2. The van der Waals surface area contributed by atoms with Crippen molar-refractivity contribution < 1.29 is 29.6 Å². The van der Waals surface area contributed by atoms with Gasteiger partial charge in [-0.1, -0.05) is 0 Å². The lowest BCUT2D eigenvalue weighted by Gasteiger charge is -2.12. The van der Waals surface area contributed by atoms with Gasteiger partial charge in [0.2, 0.25) is 0 Å². The maximum absolute atomic E-state index is 11.3. The van der Waals surface area contributed by atoms with Gasteiger partial charge >= 0.3 is 11.9 Å². The first kappa shape index (κ1) is 16.5. The summed E-state index contributed by atoms with van der Waals surface area (Å²) < 4.78 is 5.45. The minimum Gasteiger partial charge on any atom is -0.508 e. The SMILES string of the molecule is COc1ccc2[nH]c(C(=O)O)cc2c1-c1cc(O)cc2cc(C(=O)O)[nH]c12. The first-order valence-corrected chi connectivity index (χ1v) is 7.91. The molecule has 0 radical (unpaired) electrons. The topological polar surface area (TPSA) is 136 Å². The molecule has 0 saturated carbocycles. The molecule has 0 aliphatic rings. The van der Waals surface area contributed by atoms with Gasteiger partial charge in [-0.2, -0.15) is 0 Å². The Hall–Kier alpha value is -3.94. The van der Waals surface area contributed by atoms with Crippen LogP contribution in [0.4, 0.5) is 0 Å². The maximum Gasteiger partial charge on any atom is 0.352 e. The monoisotopic (exact) mass is 366 g/mol. The van der Waals surface area contributed by atoms with Gasteiger partial charge in [0.1, 0.15) is 22.9 Å². The van der Waals surface area contributed by atoms with E-state index in [1.165, 1.54) is 31.4 Å². The number of phenols is 1. The van der Waals surface area contributed by atoms with Gasteiger partial charge in [0.15, 0.2) is 0 Å². The van der Waals surface area contributed by atoms with Gasteiger partial charge in [-0.3, -0.25) is 0 Å². The van der Waals surface area contributed by atoms with Crippen LogP contribution >= 0.6 is 0 Å². The average Bonchev–Trinajstić information content (AvgIpc) is 3.24. The molecule has 0 spiro atoms. The van der Waals surface area contributed by atoms with E-state index in [4.69, 9.17) is 4.74 Å². The van der Waals surface area contributed by atoms with E-state index in [1.807, 2.05) is 0 Å². The van der Waals surface area contributed by atoms with Crippen molar-refractivity contribution in [1.82, 2.24) is 9.97 Å². The molecular formula is C19H14N2O6. The second-order valence-electron chi connectivity index (χ2n) is 6.04. The fourth-order valence-electron chi connectivity index (χ4n) is 3.29. The number of nitrogens with one attached hydrogen (secondary N) is 2. The Morgan fingerprint density at radius 1 is 0.963 bits per heavy atom. The van der Waals surface area contributed by atoms with Crippen molar-refractivity contribution in [2.45, 2.75) is 0 Å². The number of hydrogen-bond acceptors (Lipinski definition) is 4. The van der Waals surface area contributed by atoms with E-state index in [-0.39, 0.29) is 17.1 Å². The Morgan fingerprint density at radius 2 is 1.67 bits per heavy atom. The molecule has 0 atom stereocenters. The minimum atomic E-state index is -1.13. The zero-order valence-electron chi connectivity index (χ0n) is 14.0. The number of carboxylic acid groups (broad SMARTS) is 2. The Morgan fingerprint density at radius 3 is 2.33 bits per heavy atom. The molecule has 4 aromatic rings. The van der Waals surface area contributed by atoms with Gasteiger partial charge in [0.05, 0.1) is 12.6 Å². The van der Waals surface area contributed by atoms with Crippen molar-refractivity contribution in [2.75, 3.05) is 7.11 Å². The van der Waals surface area contributed by atoms with E-state index >= 15 is 0 Å². The number of rotatable bonds is 4. The first-order valence-electron chi connectivity index (χ1n) is 7.91. The number of aromatic hydroxyl groups is 1. The lowest BCUT2D eigenvalue weighted by molar-refractivity contribution is 0.0681. The number of methoxy groups -OCH3 is 1. The van der Waals surface area contributed by atoms with Gasteiger partial charge in [0, 0.05) is 27.4 Å². The summed E-state index contributed by atoms with van der Waals surface area (Å²) in [5, 5.41) is 29.8. The smallest absolute Gasteiger partial charge is 0.352 e. The zero-order chi connectivity index (χ0) is 19.3. The molecule has 8 heteroatoms. The summed E-state index contributed by atoms with van der Waals surface area (Å²) in [4.78, 5) is 28.3. The van der Waals surface area contributed by atoms with Crippen molar-refractivity contribution in [2.24, 2.45) is 0 Å². The van der Waals surface area contributed by atoms with Crippen LogP contribution < -0.4 is 4.74 Å². The third kappa shape index (κ3) is 2.54. The lowest BCUT2D eigenvalue weighted by Crippen LogP contribution is -1.95. The van der Waals surface area contributed by atoms with Crippen LogP contribution in [-0.2, 0) is 0 Å². The number of carbonyl (C=O) groups is 2. The van der Waals surface area contributed by atoms with Crippen LogP contribution in [0.25, 0.3) is 32.9 Å². The molecule has 5 N–H and O–H groups in total. The summed E-state index contributed by atoms with van der Waals surface area (Å²) in [6, 6.07) is 9.21.